The molecule has 0 bridgehead atoms. The van der Waals surface area contributed by atoms with Crippen LogP contribution in [0.15, 0.2) is 0 Å². The third-order valence-corrected chi connectivity index (χ3v) is 1.29. The second-order valence-corrected chi connectivity index (χ2v) is 2.23. The van der Waals surface area contributed by atoms with Gasteiger partial charge in [-0.3, -0.25) is 4.79 Å². The molecule has 0 unspecified atom stereocenters. The number of carbonyl (C=O) groups is 1. The van der Waals surface area contributed by atoms with Crippen molar-refractivity contribution in [3.63, 3.8) is 0 Å². The summed E-state index contributed by atoms with van der Waals surface area (Å²) < 4.78 is 0. The molecule has 0 saturated heterocycles. The summed E-state index contributed by atoms with van der Waals surface area (Å²) in [6, 6.07) is -0.716. The van der Waals surface area contributed by atoms with E-state index in [9.17, 15) is 4.79 Å². The van der Waals surface area contributed by atoms with E-state index in [1.807, 2.05) is 0 Å². The summed E-state index contributed by atoms with van der Waals surface area (Å²) >= 11 is 0. The zero-order chi connectivity index (χ0) is 7.98. The molecule has 11 heavy (non-hydrogen) atoms. The minimum Gasteiger partial charge on any atom is -0.480 e. The molecule has 0 fully saturated rings. The Labute approximate surface area is 85.1 Å². The Balaban J connectivity index is 0. The van der Waals surface area contributed by atoms with Gasteiger partial charge in [0.2, 0.25) is 0 Å². The summed E-state index contributed by atoms with van der Waals surface area (Å²) in [6.45, 7) is 0.604. The number of hydrogen-bond acceptors (Lipinski definition) is 3. The Hall–Kier alpha value is 0.260. The largest absolute Gasteiger partial charge is 0.480 e. The maximum Gasteiger partial charge on any atom is 0.320 e. The average Bonchev–Trinajstić information content (AvgIpc) is 1.88. The van der Waals surface area contributed by atoms with Crippen molar-refractivity contribution in [1.29, 1.82) is 0 Å². The number of nitrogens with two attached hydrogens (primary N) is 2. The van der Waals surface area contributed by atoms with Gasteiger partial charge < -0.3 is 16.6 Å². The number of aliphatic carboxylic acids is 1. The average molecular weight is 261 g/mol. The molecule has 0 amide bonds. The van der Waals surface area contributed by atoms with Crippen LogP contribution in [0.25, 0.3) is 0 Å². The third kappa shape index (κ3) is 8.16. The van der Waals surface area contributed by atoms with E-state index in [1.54, 1.807) is 0 Å². The van der Waals surface area contributed by atoms with Gasteiger partial charge in [0.15, 0.2) is 0 Å². The van der Waals surface area contributed by atoms with Crippen molar-refractivity contribution in [3.8, 4) is 0 Å². The summed E-state index contributed by atoms with van der Waals surface area (Å²) in [5.74, 6) is -0.933. The van der Waals surface area contributed by atoms with Crippen LogP contribution >= 0.6 is 0 Å². The molecule has 0 aliphatic carbocycles. The van der Waals surface area contributed by atoms with Gasteiger partial charge in [-0.1, -0.05) is 6.42 Å². The van der Waals surface area contributed by atoms with Gasteiger partial charge in [-0.2, -0.15) is 0 Å². The van der Waals surface area contributed by atoms with Gasteiger partial charge in [0.25, 0.3) is 0 Å². The van der Waals surface area contributed by atoms with Crippen molar-refractivity contribution in [2.24, 2.45) is 11.5 Å². The van der Waals surface area contributed by atoms with E-state index in [1.165, 1.54) is 0 Å². The van der Waals surface area contributed by atoms with Crippen LogP contribution in [0.2, 0.25) is 0 Å². The fourth-order valence-electron chi connectivity index (χ4n) is 0.632. The van der Waals surface area contributed by atoms with E-state index in [0.717, 1.165) is 12.8 Å². The topological polar surface area (TPSA) is 89.3 Å². The van der Waals surface area contributed by atoms with Crippen LogP contribution in [0, 0.1) is 0 Å². The molecular formula is C6H14InN2O2. The minimum absolute atomic E-state index is 0. The molecule has 4 nitrogen and oxygen atoms in total. The number of unbranched alkanes of at least 4 members (excludes halogenated alkanes) is 1. The van der Waals surface area contributed by atoms with Crippen molar-refractivity contribution in [1.82, 2.24) is 0 Å². The first-order valence-corrected chi connectivity index (χ1v) is 3.37. The molecule has 0 aliphatic heterocycles. The molecule has 0 aliphatic rings. The van der Waals surface area contributed by atoms with Crippen molar-refractivity contribution in [2.75, 3.05) is 6.54 Å². The van der Waals surface area contributed by atoms with Crippen LogP contribution in [0.1, 0.15) is 19.3 Å². The van der Waals surface area contributed by atoms with E-state index < -0.39 is 12.0 Å². The van der Waals surface area contributed by atoms with E-state index in [4.69, 9.17) is 16.6 Å². The molecule has 0 rings (SSSR count). The Bertz CT molecular complexity index is 111. The molecule has 0 aromatic carbocycles. The monoisotopic (exact) mass is 261 g/mol. The zero-order valence-electron chi connectivity index (χ0n) is 6.49. The number of rotatable bonds is 5. The van der Waals surface area contributed by atoms with Crippen LogP contribution in [0.3, 0.4) is 0 Å². The summed E-state index contributed by atoms with van der Waals surface area (Å²) in [6.07, 6.45) is 2.16. The summed E-state index contributed by atoms with van der Waals surface area (Å²) in [5, 5.41) is 8.33. The minimum atomic E-state index is -0.933. The molecule has 0 aromatic rings. The Morgan fingerprint density at radius 3 is 2.36 bits per heavy atom. The number of carboxylic acid groups (broad SMARTS) is 1. The standard InChI is InChI=1S/C6H14N2O2.In/c7-4-2-1-3-5(8)6(9)10;/h5H,1-4,7-8H2,(H,9,10);/t5-;/m0./s1. The normalized spacial score (nSPS) is 11.8. The van der Waals surface area contributed by atoms with Crippen molar-refractivity contribution in [3.05, 3.63) is 0 Å². The molecule has 0 heterocycles. The number of hydrogen-bond donors (Lipinski definition) is 3. The summed E-state index contributed by atoms with van der Waals surface area (Å²) in [5.41, 5.74) is 10.4. The predicted molar refractivity (Wildman–Crippen MR) is 44.3 cm³/mol. The molecule has 1 atom stereocenters. The van der Waals surface area contributed by atoms with Crippen LogP contribution in [0.4, 0.5) is 0 Å². The fraction of sp³-hybridized carbons (Fsp3) is 0.833. The van der Waals surface area contributed by atoms with Crippen LogP contribution in [-0.4, -0.2) is 49.5 Å². The molecule has 3 radical (unpaired) electrons. The molecule has 0 spiro atoms. The molecule has 5 heteroatoms. The summed E-state index contributed by atoms with van der Waals surface area (Å²) in [4.78, 5) is 10.1. The first-order chi connectivity index (χ1) is 4.68. The van der Waals surface area contributed by atoms with Gasteiger partial charge in [-0.25, -0.2) is 0 Å². The van der Waals surface area contributed by atoms with Gasteiger partial charge in [-0.15, -0.1) is 0 Å². The van der Waals surface area contributed by atoms with Gasteiger partial charge in [0.1, 0.15) is 6.04 Å². The van der Waals surface area contributed by atoms with Crippen LogP contribution in [-0.2, 0) is 4.79 Å². The quantitative estimate of drug-likeness (QED) is 0.562. The Morgan fingerprint density at radius 1 is 1.45 bits per heavy atom. The number of carboxylic acids is 1. The van der Waals surface area contributed by atoms with E-state index >= 15 is 0 Å². The Morgan fingerprint density at radius 2 is 2.00 bits per heavy atom. The molecule has 0 aromatic heterocycles. The second kappa shape index (κ2) is 8.36. The van der Waals surface area contributed by atoms with E-state index in [0.29, 0.717) is 13.0 Å². The fourth-order valence-corrected chi connectivity index (χ4v) is 0.632. The zero-order valence-corrected chi connectivity index (χ0v) is 9.79. The van der Waals surface area contributed by atoms with E-state index in [2.05, 4.69) is 0 Å². The smallest absolute Gasteiger partial charge is 0.320 e. The van der Waals surface area contributed by atoms with Gasteiger partial charge in [-0.05, 0) is 19.4 Å². The van der Waals surface area contributed by atoms with E-state index in [-0.39, 0.29) is 25.8 Å². The summed E-state index contributed by atoms with van der Waals surface area (Å²) in [7, 11) is 0. The van der Waals surface area contributed by atoms with Crippen LogP contribution in [0.5, 0.6) is 0 Å². The van der Waals surface area contributed by atoms with Gasteiger partial charge in [0, 0.05) is 25.8 Å². The molecule has 0 saturated carbocycles. The third-order valence-electron chi connectivity index (χ3n) is 1.29. The first kappa shape index (κ1) is 13.8. The maximum absolute atomic E-state index is 10.1. The first-order valence-electron chi connectivity index (χ1n) is 3.37. The maximum atomic E-state index is 10.1. The predicted octanol–water partition coefficient (Wildman–Crippen LogP) is -0.853. The van der Waals surface area contributed by atoms with Gasteiger partial charge >= 0.3 is 5.97 Å². The van der Waals surface area contributed by atoms with Gasteiger partial charge in [0.05, 0.1) is 0 Å². The van der Waals surface area contributed by atoms with Crippen molar-refractivity contribution in [2.45, 2.75) is 25.3 Å². The molecular weight excluding hydrogens is 247 g/mol. The Kier molecular flexibility index (Phi) is 10.5. The molecule has 63 valence electrons. The van der Waals surface area contributed by atoms with Crippen molar-refractivity contribution >= 4 is 31.8 Å². The van der Waals surface area contributed by atoms with Crippen molar-refractivity contribution < 1.29 is 9.90 Å². The SMILES string of the molecule is NCCCC[C@H](N)C(=O)O.[In]. The second-order valence-electron chi connectivity index (χ2n) is 2.23. The molecule has 5 N–H and O–H groups in total. The van der Waals surface area contributed by atoms with Crippen LogP contribution < -0.4 is 11.5 Å².